The Labute approximate surface area is 102 Å². The molecule has 17 heavy (non-hydrogen) atoms. The molecule has 3 atom stereocenters. The van der Waals surface area contributed by atoms with Gasteiger partial charge in [-0.15, -0.1) is 0 Å². The molecular weight excluding hydrogens is 242 g/mol. The molecule has 0 aromatic rings. The summed E-state index contributed by atoms with van der Waals surface area (Å²) in [4.78, 5) is 13.5. The van der Waals surface area contributed by atoms with Crippen molar-refractivity contribution in [2.45, 2.75) is 32.0 Å². The second-order valence-corrected chi connectivity index (χ2v) is 7.32. The zero-order chi connectivity index (χ0) is 12.6. The predicted octanol–water partition coefficient (Wildman–Crippen LogP) is 0.0569. The average molecular weight is 261 g/mol. The van der Waals surface area contributed by atoms with E-state index >= 15 is 0 Å². The minimum absolute atomic E-state index is 0.257. The molecule has 0 aromatic heterocycles. The Kier molecular flexibility index (Phi) is 3.45. The fourth-order valence-electron chi connectivity index (χ4n) is 2.74. The number of amides is 1. The summed E-state index contributed by atoms with van der Waals surface area (Å²) in [5.74, 6) is -0.270. The molecule has 0 bridgehead atoms. The Morgan fingerprint density at radius 3 is 2.82 bits per heavy atom. The Hall–Kier alpha value is -0.620. The van der Waals surface area contributed by atoms with Crippen LogP contribution in [0, 0.1) is 5.92 Å². The lowest BCUT2D eigenvalue weighted by Gasteiger charge is -2.34. The van der Waals surface area contributed by atoms with Gasteiger partial charge in [-0.2, -0.15) is 0 Å². The number of rotatable bonds is 2. The first-order valence-electron chi connectivity index (χ1n) is 5.96. The Balaban J connectivity index is 1.94. The number of piperidine rings is 1. The van der Waals surface area contributed by atoms with Gasteiger partial charge in [-0.3, -0.25) is 4.79 Å². The van der Waals surface area contributed by atoms with Crippen LogP contribution in [0.25, 0.3) is 0 Å². The minimum atomic E-state index is -3.23. The number of hydrogen-bond donors (Lipinski definition) is 0. The van der Waals surface area contributed by atoms with E-state index < -0.39 is 9.84 Å². The Morgan fingerprint density at radius 2 is 2.18 bits per heavy atom. The molecule has 0 N–H and O–H groups in total. The highest BCUT2D eigenvalue weighted by Crippen LogP contribution is 2.32. The van der Waals surface area contributed by atoms with Crippen LogP contribution in [0.4, 0.5) is 0 Å². The molecule has 5 nitrogen and oxygen atoms in total. The maximum Gasteiger partial charge on any atom is 0.237 e. The van der Waals surface area contributed by atoms with Crippen molar-refractivity contribution in [1.82, 2.24) is 4.90 Å². The third-order valence-corrected chi connectivity index (χ3v) is 4.22. The highest BCUT2D eigenvalue weighted by Gasteiger charge is 2.38. The van der Waals surface area contributed by atoms with Gasteiger partial charge in [-0.05, 0) is 19.8 Å². The Bertz CT molecular complexity index is 406. The monoisotopic (exact) mass is 261 g/mol. The normalized spacial score (nSPS) is 33.5. The largest absolute Gasteiger partial charge is 0.375 e. The van der Waals surface area contributed by atoms with Gasteiger partial charge < -0.3 is 9.64 Å². The van der Waals surface area contributed by atoms with Crippen LogP contribution in [0.5, 0.6) is 0 Å². The van der Waals surface area contributed by atoms with Crippen molar-refractivity contribution in [2.24, 2.45) is 5.92 Å². The van der Waals surface area contributed by atoms with E-state index in [1.54, 1.807) is 4.90 Å². The number of nitrogens with zero attached hydrogens (tertiary/aromatic N) is 1. The summed E-state index contributed by atoms with van der Waals surface area (Å²) in [7, 11) is -3.23. The SMILES string of the molecule is C[C@H]1C[C@H]2CN(C(=O)CS(C)(=O)=O)CC[C@H]2O1. The van der Waals surface area contributed by atoms with Crippen LogP contribution in [0.1, 0.15) is 19.8 Å². The summed E-state index contributed by atoms with van der Waals surface area (Å²) in [6.45, 7) is 3.30. The lowest BCUT2D eigenvalue weighted by Crippen LogP contribution is -2.46. The molecule has 0 spiro atoms. The first kappa shape index (κ1) is 12.8. The lowest BCUT2D eigenvalue weighted by atomic mass is 9.93. The molecule has 0 aromatic carbocycles. The van der Waals surface area contributed by atoms with Crippen molar-refractivity contribution in [3.05, 3.63) is 0 Å². The van der Waals surface area contributed by atoms with E-state index in [2.05, 4.69) is 0 Å². The van der Waals surface area contributed by atoms with E-state index in [-0.39, 0.29) is 23.9 Å². The minimum Gasteiger partial charge on any atom is -0.375 e. The maximum atomic E-state index is 11.8. The first-order chi connectivity index (χ1) is 7.85. The van der Waals surface area contributed by atoms with Crippen molar-refractivity contribution in [3.8, 4) is 0 Å². The lowest BCUT2D eigenvalue weighted by molar-refractivity contribution is -0.131. The van der Waals surface area contributed by atoms with Gasteiger partial charge in [0, 0.05) is 25.3 Å². The molecule has 2 fully saturated rings. The molecule has 2 saturated heterocycles. The number of likely N-dealkylation sites (tertiary alicyclic amines) is 1. The first-order valence-corrected chi connectivity index (χ1v) is 8.02. The summed E-state index contributed by atoms with van der Waals surface area (Å²) in [5.41, 5.74) is 0. The van der Waals surface area contributed by atoms with Gasteiger partial charge in [0.2, 0.25) is 5.91 Å². The van der Waals surface area contributed by atoms with Gasteiger partial charge >= 0.3 is 0 Å². The Morgan fingerprint density at radius 1 is 1.47 bits per heavy atom. The summed E-state index contributed by atoms with van der Waals surface area (Å²) >= 11 is 0. The van der Waals surface area contributed by atoms with Crippen LogP contribution in [-0.4, -0.2) is 56.5 Å². The number of fused-ring (bicyclic) bond motifs is 1. The summed E-state index contributed by atoms with van der Waals surface area (Å²) < 4.78 is 27.9. The van der Waals surface area contributed by atoms with Crippen LogP contribution in [0.2, 0.25) is 0 Å². The molecule has 2 aliphatic rings. The van der Waals surface area contributed by atoms with Crippen molar-refractivity contribution in [3.63, 3.8) is 0 Å². The van der Waals surface area contributed by atoms with Gasteiger partial charge in [-0.1, -0.05) is 0 Å². The molecule has 0 unspecified atom stereocenters. The number of sulfone groups is 1. The van der Waals surface area contributed by atoms with Gasteiger partial charge in [0.1, 0.15) is 5.75 Å². The molecule has 0 saturated carbocycles. The molecular formula is C11H19NO4S. The van der Waals surface area contributed by atoms with Gasteiger partial charge in [0.15, 0.2) is 9.84 Å². The van der Waals surface area contributed by atoms with Crippen molar-refractivity contribution < 1.29 is 17.9 Å². The topological polar surface area (TPSA) is 63.7 Å². The molecule has 0 aliphatic carbocycles. The molecule has 2 rings (SSSR count). The highest BCUT2D eigenvalue weighted by molar-refractivity contribution is 7.91. The van der Waals surface area contributed by atoms with Crippen LogP contribution in [0.3, 0.4) is 0 Å². The molecule has 2 heterocycles. The van der Waals surface area contributed by atoms with Crippen LogP contribution >= 0.6 is 0 Å². The standard InChI is InChI=1S/C11H19NO4S/c1-8-5-9-6-12(4-3-10(9)16-8)11(13)7-17(2,14)15/h8-10H,3-7H2,1-2H3/t8-,9-,10+/m0/s1. The predicted molar refractivity (Wildman–Crippen MR) is 63.3 cm³/mol. The number of hydrogen-bond acceptors (Lipinski definition) is 4. The van der Waals surface area contributed by atoms with Crippen molar-refractivity contribution in [2.75, 3.05) is 25.1 Å². The van der Waals surface area contributed by atoms with E-state index in [0.717, 1.165) is 19.1 Å². The zero-order valence-electron chi connectivity index (χ0n) is 10.3. The van der Waals surface area contributed by atoms with Gasteiger partial charge in [-0.25, -0.2) is 8.42 Å². The smallest absolute Gasteiger partial charge is 0.237 e. The maximum absolute atomic E-state index is 11.8. The van der Waals surface area contributed by atoms with Crippen molar-refractivity contribution in [1.29, 1.82) is 0 Å². The average Bonchev–Trinajstić information content (AvgIpc) is 2.53. The molecule has 98 valence electrons. The molecule has 0 radical (unpaired) electrons. The third-order valence-electron chi connectivity index (χ3n) is 3.44. The number of carbonyl (C=O) groups excluding carboxylic acids is 1. The van der Waals surface area contributed by atoms with E-state index in [1.165, 1.54) is 0 Å². The second-order valence-electron chi connectivity index (χ2n) is 5.18. The second kappa shape index (κ2) is 4.57. The third kappa shape index (κ3) is 3.19. The summed E-state index contributed by atoms with van der Waals surface area (Å²) in [6, 6.07) is 0. The summed E-state index contributed by atoms with van der Waals surface area (Å²) in [5, 5.41) is 0. The van der Waals surface area contributed by atoms with Crippen LogP contribution in [-0.2, 0) is 19.4 Å². The van der Waals surface area contributed by atoms with E-state index in [1.807, 2.05) is 6.92 Å². The highest BCUT2D eigenvalue weighted by atomic mass is 32.2. The number of carbonyl (C=O) groups is 1. The van der Waals surface area contributed by atoms with E-state index in [0.29, 0.717) is 19.0 Å². The van der Waals surface area contributed by atoms with Crippen molar-refractivity contribution >= 4 is 15.7 Å². The van der Waals surface area contributed by atoms with E-state index in [9.17, 15) is 13.2 Å². The number of ether oxygens (including phenoxy) is 1. The zero-order valence-corrected chi connectivity index (χ0v) is 11.1. The summed E-state index contributed by atoms with van der Waals surface area (Å²) in [6.07, 6.45) is 3.40. The fourth-order valence-corrected chi connectivity index (χ4v) is 3.37. The quantitative estimate of drug-likeness (QED) is 0.705. The molecule has 6 heteroatoms. The van der Waals surface area contributed by atoms with Crippen LogP contribution < -0.4 is 0 Å². The molecule has 1 amide bonds. The molecule has 2 aliphatic heterocycles. The fraction of sp³-hybridized carbons (Fsp3) is 0.909. The van der Waals surface area contributed by atoms with Gasteiger partial charge in [0.25, 0.3) is 0 Å². The van der Waals surface area contributed by atoms with E-state index in [4.69, 9.17) is 4.74 Å². The van der Waals surface area contributed by atoms with Gasteiger partial charge in [0.05, 0.1) is 12.2 Å². The van der Waals surface area contributed by atoms with Crippen LogP contribution in [0.15, 0.2) is 0 Å².